The first-order chi connectivity index (χ1) is 10.2. The van der Waals surface area contributed by atoms with Crippen LogP contribution in [0.4, 0.5) is 5.69 Å². The molecule has 1 N–H and O–H groups in total. The third-order valence-corrected chi connectivity index (χ3v) is 5.44. The molecule has 2 amide bonds. The highest BCUT2D eigenvalue weighted by Gasteiger charge is 2.34. The third kappa shape index (κ3) is 3.59. The molecule has 0 aromatic heterocycles. The van der Waals surface area contributed by atoms with Gasteiger partial charge >= 0.3 is 0 Å². The topological polar surface area (TPSA) is 83.6 Å². The second-order valence-electron chi connectivity index (χ2n) is 5.34. The van der Waals surface area contributed by atoms with Crippen molar-refractivity contribution in [2.75, 3.05) is 17.7 Å². The van der Waals surface area contributed by atoms with Crippen LogP contribution < -0.4 is 10.2 Å². The van der Waals surface area contributed by atoms with Gasteiger partial charge in [-0.3, -0.25) is 9.59 Å². The average Bonchev–Trinajstić information content (AvgIpc) is 2.78. The number of anilines is 1. The lowest BCUT2D eigenvalue weighted by atomic mass is 10.2. The van der Waals surface area contributed by atoms with E-state index in [0.29, 0.717) is 10.7 Å². The summed E-state index contributed by atoms with van der Waals surface area (Å²) in [6, 6.07) is 6.51. The maximum atomic E-state index is 12.1. The van der Waals surface area contributed by atoms with E-state index in [1.165, 1.54) is 11.8 Å². The summed E-state index contributed by atoms with van der Waals surface area (Å²) in [5, 5.41) is 1.92. The lowest BCUT2D eigenvalue weighted by molar-refractivity contribution is -0.121. The molecule has 22 heavy (non-hydrogen) atoms. The molecule has 1 fully saturated rings. The van der Waals surface area contributed by atoms with Crippen molar-refractivity contribution in [2.24, 2.45) is 0 Å². The molecule has 0 bridgehead atoms. The number of sulfone groups is 1. The average molecular weight is 345 g/mol. The minimum atomic E-state index is -3.46. The minimum absolute atomic E-state index is 0.118. The van der Waals surface area contributed by atoms with Crippen molar-refractivity contribution < 1.29 is 18.0 Å². The summed E-state index contributed by atoms with van der Waals surface area (Å²) in [6.45, 7) is 1.60. The zero-order chi connectivity index (χ0) is 16.5. The highest BCUT2D eigenvalue weighted by Crippen LogP contribution is 2.29. The predicted octanol–water partition coefficient (Wildman–Crippen LogP) is 0.995. The summed E-state index contributed by atoms with van der Waals surface area (Å²) in [5.41, 5.74) is 0.585. The third-order valence-electron chi connectivity index (χ3n) is 3.63. The molecule has 0 saturated carbocycles. The van der Waals surface area contributed by atoms with Crippen molar-refractivity contribution in [3.05, 3.63) is 29.3 Å². The molecular weight excluding hydrogens is 328 g/mol. The van der Waals surface area contributed by atoms with Crippen LogP contribution in [0.5, 0.6) is 0 Å². The summed E-state index contributed by atoms with van der Waals surface area (Å²) in [6.07, 6.45) is 1.13. The van der Waals surface area contributed by atoms with Gasteiger partial charge in [-0.2, -0.15) is 0 Å². The molecule has 1 aromatic rings. The van der Waals surface area contributed by atoms with Crippen molar-refractivity contribution in [1.29, 1.82) is 0 Å². The first-order valence-corrected chi connectivity index (χ1v) is 9.07. The second-order valence-corrected chi connectivity index (χ2v) is 8.11. The molecule has 0 spiro atoms. The van der Waals surface area contributed by atoms with Crippen LogP contribution in [-0.4, -0.2) is 44.3 Å². The van der Waals surface area contributed by atoms with Gasteiger partial charge in [0.15, 0.2) is 9.84 Å². The first-order valence-electron chi connectivity index (χ1n) is 6.74. The van der Waals surface area contributed by atoms with Gasteiger partial charge in [0.2, 0.25) is 11.8 Å². The second kappa shape index (κ2) is 6.26. The smallest absolute Gasteiger partial charge is 0.238 e. The molecule has 120 valence electrons. The Hall–Kier alpha value is -1.60. The molecule has 1 saturated heterocycles. The van der Waals surface area contributed by atoms with Crippen molar-refractivity contribution in [3.63, 3.8) is 0 Å². The van der Waals surface area contributed by atoms with E-state index < -0.39 is 27.0 Å². The standard InChI is InChI=1S/C14H17ClN2O4S/c1-9(22(2,20)21)14(19)16-10-7-13(18)17(8-10)12-6-4-3-5-11(12)15/h3-6,9-10H,7-8H2,1-2H3,(H,16,19)/t9-,10+/m0/s1. The Morgan fingerprint density at radius 2 is 2.05 bits per heavy atom. The lowest BCUT2D eigenvalue weighted by Crippen LogP contribution is -2.44. The number of hydrogen-bond acceptors (Lipinski definition) is 4. The number of carbonyl (C=O) groups excluding carboxylic acids is 2. The fourth-order valence-corrected chi connectivity index (χ4v) is 2.92. The maximum absolute atomic E-state index is 12.1. The number of halogens is 1. The van der Waals surface area contributed by atoms with E-state index in [0.717, 1.165) is 6.26 Å². The fraction of sp³-hybridized carbons (Fsp3) is 0.429. The normalized spacial score (nSPS) is 20.0. The quantitative estimate of drug-likeness (QED) is 0.883. The van der Waals surface area contributed by atoms with Crippen molar-refractivity contribution >= 4 is 38.9 Å². The Labute approximate surface area is 134 Å². The molecule has 1 heterocycles. The molecule has 0 radical (unpaired) electrons. The molecule has 2 rings (SSSR count). The van der Waals surface area contributed by atoms with E-state index in [9.17, 15) is 18.0 Å². The summed E-state index contributed by atoms with van der Waals surface area (Å²) >= 11 is 6.07. The van der Waals surface area contributed by atoms with E-state index in [2.05, 4.69) is 5.32 Å². The van der Waals surface area contributed by atoms with Crippen LogP contribution in [0.15, 0.2) is 24.3 Å². The molecule has 2 atom stereocenters. The number of hydrogen-bond donors (Lipinski definition) is 1. The van der Waals surface area contributed by atoms with E-state index in [1.54, 1.807) is 24.3 Å². The van der Waals surface area contributed by atoms with Crippen LogP contribution in [0.1, 0.15) is 13.3 Å². The Bertz CT molecular complexity index is 705. The van der Waals surface area contributed by atoms with Crippen molar-refractivity contribution in [2.45, 2.75) is 24.6 Å². The van der Waals surface area contributed by atoms with Gasteiger partial charge in [0.25, 0.3) is 0 Å². The van der Waals surface area contributed by atoms with Gasteiger partial charge in [-0.15, -0.1) is 0 Å². The fourth-order valence-electron chi connectivity index (χ4n) is 2.22. The van der Waals surface area contributed by atoms with Gasteiger partial charge in [-0.05, 0) is 19.1 Å². The molecule has 0 aliphatic carbocycles. The molecule has 6 nitrogen and oxygen atoms in total. The van der Waals surface area contributed by atoms with E-state index >= 15 is 0 Å². The number of carbonyl (C=O) groups is 2. The van der Waals surface area contributed by atoms with Gasteiger partial charge in [-0.1, -0.05) is 23.7 Å². The zero-order valence-corrected chi connectivity index (χ0v) is 13.8. The van der Waals surface area contributed by atoms with Gasteiger partial charge in [0, 0.05) is 19.2 Å². The van der Waals surface area contributed by atoms with Gasteiger partial charge < -0.3 is 10.2 Å². The number of para-hydroxylation sites is 1. The monoisotopic (exact) mass is 344 g/mol. The largest absolute Gasteiger partial charge is 0.350 e. The number of nitrogens with zero attached hydrogens (tertiary/aromatic N) is 1. The van der Waals surface area contributed by atoms with Crippen LogP contribution in [-0.2, 0) is 19.4 Å². The number of amides is 2. The van der Waals surface area contributed by atoms with E-state index in [4.69, 9.17) is 11.6 Å². The zero-order valence-electron chi connectivity index (χ0n) is 12.2. The lowest BCUT2D eigenvalue weighted by Gasteiger charge is -2.19. The maximum Gasteiger partial charge on any atom is 0.238 e. The number of rotatable bonds is 4. The SMILES string of the molecule is C[C@@H](C(=O)N[C@@H]1CC(=O)N(c2ccccc2Cl)C1)S(C)(=O)=O. The highest BCUT2D eigenvalue weighted by molar-refractivity contribution is 7.92. The molecule has 8 heteroatoms. The Morgan fingerprint density at radius 1 is 1.41 bits per heavy atom. The van der Waals surface area contributed by atoms with Crippen LogP contribution in [0.2, 0.25) is 5.02 Å². The van der Waals surface area contributed by atoms with Crippen LogP contribution in [0.25, 0.3) is 0 Å². The highest BCUT2D eigenvalue weighted by atomic mass is 35.5. The minimum Gasteiger partial charge on any atom is -0.350 e. The van der Waals surface area contributed by atoms with Crippen LogP contribution in [0, 0.1) is 0 Å². The Kier molecular flexibility index (Phi) is 4.77. The molecule has 1 aliphatic heterocycles. The van der Waals surface area contributed by atoms with Crippen molar-refractivity contribution in [3.8, 4) is 0 Å². The Balaban J connectivity index is 2.07. The van der Waals surface area contributed by atoms with Crippen molar-refractivity contribution in [1.82, 2.24) is 5.32 Å². The summed E-state index contributed by atoms with van der Waals surface area (Å²) in [7, 11) is -3.46. The van der Waals surface area contributed by atoms with Gasteiger partial charge in [-0.25, -0.2) is 8.42 Å². The molecular formula is C14H17ClN2O4S. The van der Waals surface area contributed by atoms with Crippen LogP contribution >= 0.6 is 11.6 Å². The number of nitrogens with one attached hydrogen (secondary N) is 1. The van der Waals surface area contributed by atoms with E-state index in [-0.39, 0.29) is 18.9 Å². The summed E-state index contributed by atoms with van der Waals surface area (Å²) in [5.74, 6) is -0.758. The van der Waals surface area contributed by atoms with Crippen LogP contribution in [0.3, 0.4) is 0 Å². The van der Waals surface area contributed by atoms with Gasteiger partial charge in [0.05, 0.1) is 16.8 Å². The van der Waals surface area contributed by atoms with Gasteiger partial charge in [0.1, 0.15) is 5.25 Å². The molecule has 1 aromatic carbocycles. The first kappa shape index (κ1) is 16.8. The molecule has 0 unspecified atom stereocenters. The molecule has 1 aliphatic rings. The van der Waals surface area contributed by atoms with E-state index in [1.807, 2.05) is 0 Å². The summed E-state index contributed by atoms with van der Waals surface area (Å²) < 4.78 is 22.8. The number of benzene rings is 1. The Morgan fingerprint density at radius 3 is 2.64 bits per heavy atom. The summed E-state index contributed by atoms with van der Waals surface area (Å²) in [4.78, 5) is 25.5. The predicted molar refractivity (Wildman–Crippen MR) is 84.7 cm³/mol.